The Labute approximate surface area is 158 Å². The summed E-state index contributed by atoms with van der Waals surface area (Å²) in [6.45, 7) is 1.86. The third-order valence-electron chi connectivity index (χ3n) is 4.43. The molecule has 0 saturated carbocycles. The smallest absolute Gasteiger partial charge is 0.311 e. The second-order valence-corrected chi connectivity index (χ2v) is 6.32. The highest BCUT2D eigenvalue weighted by Crippen LogP contribution is 2.27. The van der Waals surface area contributed by atoms with Gasteiger partial charge in [-0.25, -0.2) is 0 Å². The molecule has 3 aromatic rings. The maximum Gasteiger partial charge on any atom is 0.311 e. The molecule has 9 heteroatoms. The highest BCUT2D eigenvalue weighted by Gasteiger charge is 2.28. The molecule has 1 amide bonds. The number of carbonyl (C=O) groups is 2. The number of esters is 1. The van der Waals surface area contributed by atoms with Crippen molar-refractivity contribution in [2.45, 2.75) is 25.7 Å². The molecule has 3 rings (SSSR count). The molecule has 0 bridgehead atoms. The van der Waals surface area contributed by atoms with Crippen LogP contribution in [0.4, 0.5) is 0 Å². The van der Waals surface area contributed by atoms with Gasteiger partial charge in [0.2, 0.25) is 5.91 Å². The first-order valence-electron chi connectivity index (χ1n) is 8.76. The average Bonchev–Trinajstić information content (AvgIpc) is 2.99. The van der Waals surface area contributed by atoms with E-state index in [0.29, 0.717) is 5.52 Å². The Morgan fingerprint density at radius 1 is 1.14 bits per heavy atom. The number of benzene rings is 1. The maximum absolute atomic E-state index is 12.7. The number of H-pyrrole nitrogens is 3. The van der Waals surface area contributed by atoms with Crippen LogP contribution in [0.25, 0.3) is 10.9 Å². The molecule has 0 aliphatic rings. The zero-order valence-corrected chi connectivity index (χ0v) is 15.2. The van der Waals surface area contributed by atoms with Crippen LogP contribution in [0.3, 0.4) is 0 Å². The zero-order chi connectivity index (χ0) is 20.3. The van der Waals surface area contributed by atoms with Crippen molar-refractivity contribution < 1.29 is 14.3 Å². The molecule has 28 heavy (non-hydrogen) atoms. The predicted molar refractivity (Wildman–Crippen MR) is 102 cm³/mol. The average molecular weight is 384 g/mol. The number of fused-ring (bicyclic) bond motifs is 1. The van der Waals surface area contributed by atoms with Gasteiger partial charge in [0, 0.05) is 29.0 Å². The summed E-state index contributed by atoms with van der Waals surface area (Å²) in [5.74, 6) is -2.13. The number of aromatic amines is 3. The van der Waals surface area contributed by atoms with Crippen molar-refractivity contribution in [2.75, 3.05) is 6.61 Å². The molecular formula is C19H20N4O5. The van der Waals surface area contributed by atoms with E-state index in [1.54, 1.807) is 31.2 Å². The third-order valence-corrected chi connectivity index (χ3v) is 4.43. The van der Waals surface area contributed by atoms with Crippen LogP contribution in [0.15, 0.2) is 39.9 Å². The minimum Gasteiger partial charge on any atom is -0.466 e. The summed E-state index contributed by atoms with van der Waals surface area (Å²) in [6.07, 6.45) is -0.471. The molecule has 0 radical (unpaired) electrons. The normalized spacial score (nSPS) is 12.0. The Morgan fingerprint density at radius 3 is 2.61 bits per heavy atom. The first-order chi connectivity index (χ1) is 13.4. The van der Waals surface area contributed by atoms with Gasteiger partial charge < -0.3 is 20.6 Å². The number of carbonyl (C=O) groups excluding carboxylic acids is 2. The molecule has 1 aromatic carbocycles. The van der Waals surface area contributed by atoms with Gasteiger partial charge in [0.15, 0.2) is 0 Å². The first-order valence-corrected chi connectivity index (χ1v) is 8.76. The fourth-order valence-corrected chi connectivity index (χ4v) is 3.26. The van der Waals surface area contributed by atoms with Gasteiger partial charge in [0.1, 0.15) is 0 Å². The molecule has 9 nitrogen and oxygen atoms in total. The second-order valence-electron chi connectivity index (χ2n) is 6.32. The fourth-order valence-electron chi connectivity index (χ4n) is 3.26. The van der Waals surface area contributed by atoms with Gasteiger partial charge in [-0.1, -0.05) is 18.2 Å². The molecule has 5 N–H and O–H groups in total. The molecule has 0 aliphatic heterocycles. The number of nitrogens with one attached hydrogen (secondary N) is 3. The Kier molecular flexibility index (Phi) is 5.44. The molecule has 0 aliphatic carbocycles. The van der Waals surface area contributed by atoms with Gasteiger partial charge in [-0.2, -0.15) is 0 Å². The summed E-state index contributed by atoms with van der Waals surface area (Å²) >= 11 is 0. The fraction of sp³-hybridized carbons (Fsp3) is 0.263. The lowest BCUT2D eigenvalue weighted by atomic mass is 9.87. The van der Waals surface area contributed by atoms with E-state index in [2.05, 4.69) is 15.2 Å². The third kappa shape index (κ3) is 3.88. The summed E-state index contributed by atoms with van der Waals surface area (Å²) in [7, 11) is 0. The standard InChI is InChI=1S/C19H20N4O5/c1-2-28-16(25)9-14-17(19(27)23-22-14)11(8-15(20)24)12-7-10-5-3-4-6-13(10)21-18(12)26/h3-7,11H,2,8-9H2,1H3,(H2,20,24)(H,21,26)(H2,22,23,27)/t11-/m1/s1. The highest BCUT2D eigenvalue weighted by molar-refractivity contribution is 5.80. The summed E-state index contributed by atoms with van der Waals surface area (Å²) in [6, 6.07) is 8.77. The zero-order valence-electron chi connectivity index (χ0n) is 15.2. The van der Waals surface area contributed by atoms with Crippen LogP contribution in [-0.2, 0) is 20.7 Å². The van der Waals surface area contributed by atoms with Crippen LogP contribution in [0, 0.1) is 0 Å². The van der Waals surface area contributed by atoms with E-state index in [1.807, 2.05) is 6.07 Å². The first kappa shape index (κ1) is 19.2. The van der Waals surface area contributed by atoms with Crippen LogP contribution < -0.4 is 16.9 Å². The Hall–Kier alpha value is -3.62. The molecular weight excluding hydrogens is 364 g/mol. The lowest BCUT2D eigenvalue weighted by molar-refractivity contribution is -0.142. The largest absolute Gasteiger partial charge is 0.466 e. The number of amides is 1. The van der Waals surface area contributed by atoms with Crippen LogP contribution in [0.1, 0.15) is 36.1 Å². The van der Waals surface area contributed by atoms with Gasteiger partial charge >= 0.3 is 5.97 Å². The highest BCUT2D eigenvalue weighted by atomic mass is 16.5. The Morgan fingerprint density at radius 2 is 1.89 bits per heavy atom. The number of hydrogen-bond acceptors (Lipinski definition) is 5. The van der Waals surface area contributed by atoms with Crippen LogP contribution in [-0.4, -0.2) is 33.7 Å². The van der Waals surface area contributed by atoms with Gasteiger partial charge in [-0.05, 0) is 24.4 Å². The summed E-state index contributed by atoms with van der Waals surface area (Å²) in [5, 5.41) is 5.79. The van der Waals surface area contributed by atoms with Crippen LogP contribution >= 0.6 is 0 Å². The lowest BCUT2D eigenvalue weighted by Crippen LogP contribution is -2.26. The molecule has 1 atom stereocenters. The lowest BCUT2D eigenvalue weighted by Gasteiger charge is -2.15. The summed E-state index contributed by atoms with van der Waals surface area (Å²) < 4.78 is 4.92. The van der Waals surface area contributed by atoms with Crippen molar-refractivity contribution in [3.8, 4) is 0 Å². The number of nitrogens with two attached hydrogens (primary N) is 1. The summed E-state index contributed by atoms with van der Waals surface area (Å²) in [4.78, 5) is 51.5. The number of pyridine rings is 1. The van der Waals surface area contributed by atoms with E-state index in [0.717, 1.165) is 5.39 Å². The minimum atomic E-state index is -0.912. The van der Waals surface area contributed by atoms with E-state index in [1.165, 1.54) is 0 Å². The van der Waals surface area contributed by atoms with Crippen molar-refractivity contribution in [3.63, 3.8) is 0 Å². The molecule has 2 aromatic heterocycles. The molecule has 146 valence electrons. The van der Waals surface area contributed by atoms with E-state index in [-0.39, 0.29) is 36.3 Å². The number of para-hydroxylation sites is 1. The number of primary amides is 1. The van der Waals surface area contributed by atoms with E-state index >= 15 is 0 Å². The maximum atomic E-state index is 12.7. The van der Waals surface area contributed by atoms with Crippen LogP contribution in [0.2, 0.25) is 0 Å². The van der Waals surface area contributed by atoms with Gasteiger partial charge in [0.25, 0.3) is 11.1 Å². The van der Waals surface area contributed by atoms with Crippen molar-refractivity contribution in [1.29, 1.82) is 0 Å². The summed E-state index contributed by atoms with van der Waals surface area (Å²) in [5.41, 5.74) is 5.63. The number of aromatic nitrogens is 3. The monoisotopic (exact) mass is 384 g/mol. The van der Waals surface area contributed by atoms with E-state index in [4.69, 9.17) is 10.5 Å². The minimum absolute atomic E-state index is 0.118. The van der Waals surface area contributed by atoms with Crippen molar-refractivity contribution >= 4 is 22.8 Å². The number of hydrogen-bond donors (Lipinski definition) is 4. The predicted octanol–water partition coefficient (Wildman–Crippen LogP) is 0.657. The quantitative estimate of drug-likeness (QED) is 0.441. The van der Waals surface area contributed by atoms with Gasteiger partial charge in [0.05, 0.1) is 18.7 Å². The molecule has 0 saturated heterocycles. The van der Waals surface area contributed by atoms with Crippen molar-refractivity contribution in [1.82, 2.24) is 15.2 Å². The number of ether oxygens (including phenoxy) is 1. The molecule has 0 unspecified atom stereocenters. The topological polar surface area (TPSA) is 151 Å². The Bertz CT molecular complexity index is 1140. The number of rotatable bonds is 7. The van der Waals surface area contributed by atoms with E-state index in [9.17, 15) is 19.2 Å². The van der Waals surface area contributed by atoms with Crippen molar-refractivity contribution in [2.24, 2.45) is 5.73 Å². The van der Waals surface area contributed by atoms with Crippen LogP contribution in [0.5, 0.6) is 0 Å². The Balaban J connectivity index is 2.15. The molecule has 0 fully saturated rings. The molecule has 0 spiro atoms. The van der Waals surface area contributed by atoms with Crippen molar-refractivity contribution in [3.05, 3.63) is 67.9 Å². The second kappa shape index (κ2) is 7.95. The SMILES string of the molecule is CCOC(=O)Cc1[nH][nH]c(=O)c1[C@H](CC(N)=O)c1cc2ccccc2[nH]c1=O. The van der Waals surface area contributed by atoms with Gasteiger partial charge in [-0.15, -0.1) is 0 Å². The molecule has 2 heterocycles. The van der Waals surface area contributed by atoms with E-state index < -0.39 is 28.9 Å². The van der Waals surface area contributed by atoms with Gasteiger partial charge in [-0.3, -0.25) is 24.3 Å².